The number of rotatable bonds is 5. The Labute approximate surface area is 122 Å². The van der Waals surface area contributed by atoms with Gasteiger partial charge in [0.2, 0.25) is 5.91 Å². The van der Waals surface area contributed by atoms with E-state index in [-0.39, 0.29) is 18.1 Å². The quantitative estimate of drug-likeness (QED) is 0.852. The zero-order valence-electron chi connectivity index (χ0n) is 11.7. The first kappa shape index (κ1) is 14.6. The van der Waals surface area contributed by atoms with Gasteiger partial charge in [0.1, 0.15) is 5.69 Å². The van der Waals surface area contributed by atoms with Crippen molar-refractivity contribution in [3.8, 4) is 0 Å². The highest BCUT2D eigenvalue weighted by molar-refractivity contribution is 5.94. The van der Waals surface area contributed by atoms with E-state index in [0.717, 1.165) is 11.3 Å². The van der Waals surface area contributed by atoms with Crippen molar-refractivity contribution in [1.29, 1.82) is 0 Å². The molecule has 0 atom stereocenters. The van der Waals surface area contributed by atoms with Gasteiger partial charge < -0.3 is 10.6 Å². The Bertz CT molecular complexity index is 611. The SMILES string of the molecule is Cc1cnc(C(=O)NCC(=O)NCc2ccccc2)cn1. The maximum absolute atomic E-state index is 11.7. The van der Waals surface area contributed by atoms with Crippen molar-refractivity contribution in [2.45, 2.75) is 13.5 Å². The van der Waals surface area contributed by atoms with Gasteiger partial charge in [0, 0.05) is 12.7 Å². The second-order valence-electron chi connectivity index (χ2n) is 4.49. The molecule has 2 aromatic rings. The van der Waals surface area contributed by atoms with Gasteiger partial charge in [-0.05, 0) is 12.5 Å². The van der Waals surface area contributed by atoms with Crippen molar-refractivity contribution >= 4 is 11.8 Å². The van der Waals surface area contributed by atoms with Gasteiger partial charge in [0.25, 0.3) is 5.91 Å². The van der Waals surface area contributed by atoms with Crippen LogP contribution in [0.5, 0.6) is 0 Å². The molecule has 0 saturated carbocycles. The first-order valence-electron chi connectivity index (χ1n) is 6.52. The van der Waals surface area contributed by atoms with Crippen LogP contribution in [0.4, 0.5) is 0 Å². The lowest BCUT2D eigenvalue weighted by Crippen LogP contribution is -2.36. The van der Waals surface area contributed by atoms with Crippen molar-refractivity contribution < 1.29 is 9.59 Å². The van der Waals surface area contributed by atoms with E-state index >= 15 is 0 Å². The molecule has 1 aromatic carbocycles. The molecule has 0 aliphatic carbocycles. The standard InChI is InChI=1S/C15H16N4O2/c1-11-7-17-13(9-16-11)15(21)19-10-14(20)18-8-12-5-3-2-4-6-12/h2-7,9H,8,10H2,1H3,(H,18,20)(H,19,21). The maximum Gasteiger partial charge on any atom is 0.271 e. The average Bonchev–Trinajstić information content (AvgIpc) is 2.52. The Morgan fingerprint density at radius 3 is 2.48 bits per heavy atom. The van der Waals surface area contributed by atoms with Gasteiger partial charge in [0.05, 0.1) is 18.4 Å². The van der Waals surface area contributed by atoms with Gasteiger partial charge in [-0.25, -0.2) is 4.98 Å². The fourth-order valence-corrected chi connectivity index (χ4v) is 1.62. The van der Waals surface area contributed by atoms with E-state index in [0.29, 0.717) is 6.54 Å². The maximum atomic E-state index is 11.7. The molecule has 6 heteroatoms. The highest BCUT2D eigenvalue weighted by atomic mass is 16.2. The van der Waals surface area contributed by atoms with Crippen LogP contribution in [0.3, 0.4) is 0 Å². The van der Waals surface area contributed by atoms with E-state index in [9.17, 15) is 9.59 Å². The molecule has 2 N–H and O–H groups in total. The number of nitrogens with one attached hydrogen (secondary N) is 2. The van der Waals surface area contributed by atoms with Crippen LogP contribution in [-0.4, -0.2) is 28.3 Å². The number of aromatic nitrogens is 2. The third-order valence-corrected chi connectivity index (χ3v) is 2.76. The molecule has 2 amide bonds. The summed E-state index contributed by atoms with van der Waals surface area (Å²) >= 11 is 0. The van der Waals surface area contributed by atoms with E-state index < -0.39 is 5.91 Å². The van der Waals surface area contributed by atoms with Crippen molar-refractivity contribution in [3.05, 3.63) is 59.7 Å². The van der Waals surface area contributed by atoms with Crippen LogP contribution < -0.4 is 10.6 Å². The molecule has 0 radical (unpaired) electrons. The normalized spacial score (nSPS) is 9.95. The minimum atomic E-state index is -0.419. The van der Waals surface area contributed by atoms with Gasteiger partial charge >= 0.3 is 0 Å². The van der Waals surface area contributed by atoms with Crippen molar-refractivity contribution in [2.24, 2.45) is 0 Å². The Morgan fingerprint density at radius 1 is 1.05 bits per heavy atom. The summed E-state index contributed by atoms with van der Waals surface area (Å²) in [5.41, 5.74) is 1.92. The molecule has 2 rings (SSSR count). The highest BCUT2D eigenvalue weighted by Crippen LogP contribution is 1.97. The van der Waals surface area contributed by atoms with E-state index in [1.165, 1.54) is 12.4 Å². The van der Waals surface area contributed by atoms with Crippen LogP contribution in [0, 0.1) is 6.92 Å². The fraction of sp³-hybridized carbons (Fsp3) is 0.200. The molecule has 0 unspecified atom stereocenters. The zero-order chi connectivity index (χ0) is 15.1. The molecule has 1 heterocycles. The molecule has 108 valence electrons. The first-order valence-corrected chi connectivity index (χ1v) is 6.52. The van der Waals surface area contributed by atoms with Gasteiger partial charge in [0.15, 0.2) is 0 Å². The van der Waals surface area contributed by atoms with Gasteiger partial charge in [-0.1, -0.05) is 30.3 Å². The second-order valence-corrected chi connectivity index (χ2v) is 4.49. The van der Waals surface area contributed by atoms with Crippen LogP contribution in [-0.2, 0) is 11.3 Å². The topological polar surface area (TPSA) is 84.0 Å². The number of carbonyl (C=O) groups excluding carboxylic acids is 2. The van der Waals surface area contributed by atoms with Gasteiger partial charge in [-0.15, -0.1) is 0 Å². The molecular weight excluding hydrogens is 268 g/mol. The van der Waals surface area contributed by atoms with Crippen molar-refractivity contribution in [3.63, 3.8) is 0 Å². The first-order chi connectivity index (χ1) is 10.1. The number of hydrogen-bond acceptors (Lipinski definition) is 4. The lowest BCUT2D eigenvalue weighted by molar-refractivity contribution is -0.120. The van der Waals surface area contributed by atoms with Gasteiger partial charge in [-0.3, -0.25) is 14.6 Å². The fourth-order valence-electron chi connectivity index (χ4n) is 1.62. The summed E-state index contributed by atoms with van der Waals surface area (Å²) in [4.78, 5) is 31.3. The third kappa shape index (κ3) is 4.68. The zero-order valence-corrected chi connectivity index (χ0v) is 11.7. The molecule has 0 aliphatic heterocycles. The summed E-state index contributed by atoms with van der Waals surface area (Å²) in [5, 5.41) is 5.23. The summed E-state index contributed by atoms with van der Waals surface area (Å²) in [5.74, 6) is -0.676. The summed E-state index contributed by atoms with van der Waals surface area (Å²) < 4.78 is 0. The molecular formula is C15H16N4O2. The van der Waals surface area contributed by atoms with Crippen LogP contribution in [0.25, 0.3) is 0 Å². The number of nitrogens with zero attached hydrogens (tertiary/aromatic N) is 2. The average molecular weight is 284 g/mol. The highest BCUT2D eigenvalue weighted by Gasteiger charge is 2.09. The van der Waals surface area contributed by atoms with Crippen LogP contribution in [0.2, 0.25) is 0 Å². The Hall–Kier alpha value is -2.76. The van der Waals surface area contributed by atoms with Crippen molar-refractivity contribution in [1.82, 2.24) is 20.6 Å². The smallest absolute Gasteiger partial charge is 0.271 e. The Morgan fingerprint density at radius 2 is 1.81 bits per heavy atom. The Kier molecular flexibility index (Phi) is 4.98. The number of carbonyl (C=O) groups is 2. The number of benzene rings is 1. The lowest BCUT2D eigenvalue weighted by atomic mass is 10.2. The summed E-state index contributed by atoms with van der Waals surface area (Å²) in [6.07, 6.45) is 2.89. The molecule has 0 saturated heterocycles. The largest absolute Gasteiger partial charge is 0.350 e. The minimum absolute atomic E-state index is 0.0960. The summed E-state index contributed by atoms with van der Waals surface area (Å²) in [6.45, 7) is 2.12. The van der Waals surface area contributed by atoms with E-state index in [1.54, 1.807) is 6.92 Å². The summed E-state index contributed by atoms with van der Waals surface area (Å²) in [7, 11) is 0. The van der Waals surface area contributed by atoms with E-state index in [2.05, 4.69) is 20.6 Å². The second kappa shape index (κ2) is 7.14. The van der Waals surface area contributed by atoms with Crippen LogP contribution in [0.15, 0.2) is 42.7 Å². The Balaban J connectivity index is 1.76. The molecule has 1 aromatic heterocycles. The number of hydrogen-bond donors (Lipinski definition) is 2. The number of aryl methyl sites for hydroxylation is 1. The van der Waals surface area contributed by atoms with Crippen LogP contribution in [0.1, 0.15) is 21.7 Å². The number of amides is 2. The molecule has 0 spiro atoms. The predicted octanol–water partition coefficient (Wildman–Crippen LogP) is 0.831. The van der Waals surface area contributed by atoms with E-state index in [4.69, 9.17) is 0 Å². The molecule has 0 aliphatic rings. The molecule has 0 bridgehead atoms. The third-order valence-electron chi connectivity index (χ3n) is 2.76. The summed E-state index contributed by atoms with van der Waals surface area (Å²) in [6, 6.07) is 9.55. The van der Waals surface area contributed by atoms with E-state index in [1.807, 2.05) is 30.3 Å². The minimum Gasteiger partial charge on any atom is -0.350 e. The lowest BCUT2D eigenvalue weighted by Gasteiger charge is -2.06. The molecule has 6 nitrogen and oxygen atoms in total. The van der Waals surface area contributed by atoms with Gasteiger partial charge in [-0.2, -0.15) is 0 Å². The molecule has 21 heavy (non-hydrogen) atoms. The monoisotopic (exact) mass is 284 g/mol. The predicted molar refractivity (Wildman–Crippen MR) is 77.4 cm³/mol. The molecule has 0 fully saturated rings. The van der Waals surface area contributed by atoms with Crippen LogP contribution >= 0.6 is 0 Å². The van der Waals surface area contributed by atoms with Crippen molar-refractivity contribution in [2.75, 3.05) is 6.54 Å².